The van der Waals surface area contributed by atoms with E-state index in [1.165, 1.54) is 12.6 Å². The van der Waals surface area contributed by atoms with Crippen LogP contribution in [0.25, 0.3) is 5.69 Å². The Morgan fingerprint density at radius 2 is 1.74 bits per heavy atom. The van der Waals surface area contributed by atoms with Gasteiger partial charge in [-0.15, -0.1) is 0 Å². The van der Waals surface area contributed by atoms with Crippen molar-refractivity contribution in [1.82, 2.24) is 14.9 Å². The van der Waals surface area contributed by atoms with Crippen LogP contribution in [0, 0.1) is 13.8 Å². The number of nitrogens with zero attached hydrogens (tertiary/aromatic N) is 4. The highest BCUT2D eigenvalue weighted by Gasteiger charge is 2.42. The average molecular weight is 597 g/mol. The molecule has 43 heavy (non-hydrogen) atoms. The number of hydrogen-bond acceptors (Lipinski definition) is 6. The van der Waals surface area contributed by atoms with E-state index in [0.29, 0.717) is 16.5 Å². The Morgan fingerprint density at radius 3 is 2.42 bits per heavy atom. The monoisotopic (exact) mass is 596 g/mol. The zero-order valence-electron chi connectivity index (χ0n) is 24.8. The number of anilines is 3. The molecule has 2 aliphatic heterocycles. The topological polar surface area (TPSA) is 83.9 Å². The number of benzene rings is 2. The number of rotatable bonds is 7. The third-order valence-electron chi connectivity index (χ3n) is 8.14. The lowest BCUT2D eigenvalue weighted by Crippen LogP contribution is -2.36. The molecule has 0 radical (unpaired) electrons. The van der Waals surface area contributed by atoms with Gasteiger partial charge in [-0.1, -0.05) is 6.07 Å². The van der Waals surface area contributed by atoms with Crippen molar-refractivity contribution in [2.24, 2.45) is 0 Å². The van der Waals surface area contributed by atoms with Crippen LogP contribution < -0.4 is 25.2 Å². The van der Waals surface area contributed by atoms with Crippen LogP contribution in [0.5, 0.6) is 5.75 Å². The van der Waals surface area contributed by atoms with Gasteiger partial charge in [0.1, 0.15) is 5.75 Å². The van der Waals surface area contributed by atoms with Crippen LogP contribution in [-0.2, 0) is 9.53 Å². The van der Waals surface area contributed by atoms with E-state index in [9.17, 15) is 4.79 Å². The summed E-state index contributed by atoms with van der Waals surface area (Å²) in [6, 6.07) is 22.3. The lowest BCUT2D eigenvalue weighted by Gasteiger charge is -2.29. The fraction of sp³-hybridized carbons (Fsp3) is 0.303. The van der Waals surface area contributed by atoms with E-state index in [4.69, 9.17) is 26.7 Å². The summed E-state index contributed by atoms with van der Waals surface area (Å²) in [6.45, 7) is 9.09. The average Bonchev–Trinajstić information content (AvgIpc) is 3.52. The summed E-state index contributed by atoms with van der Waals surface area (Å²) in [5.74, 6) is 0.400. The lowest BCUT2D eigenvalue weighted by atomic mass is 9.96. The lowest BCUT2D eigenvalue weighted by molar-refractivity contribution is -0.114. The minimum Gasteiger partial charge on any atom is -0.495 e. The summed E-state index contributed by atoms with van der Waals surface area (Å²) in [7, 11) is 1.59. The van der Waals surface area contributed by atoms with Gasteiger partial charge in [0.2, 0.25) is 5.91 Å². The molecule has 4 aromatic rings. The SMILES string of the molecule is COc1ccc(N2C(=S)NC(c3ccccn3)C2c2cc(C)n(-c3ccc(N4CCOCC4)cc3)c2C)cc1NC(C)=O. The molecule has 9 nitrogen and oxygen atoms in total. The molecule has 10 heteroatoms. The number of nitrogens with one attached hydrogen (secondary N) is 2. The van der Waals surface area contributed by atoms with Crippen molar-refractivity contribution in [1.29, 1.82) is 0 Å². The normalized spacial score (nSPS) is 18.5. The number of methoxy groups -OCH3 is 1. The molecule has 4 heterocycles. The second kappa shape index (κ2) is 12.1. The molecule has 2 unspecified atom stereocenters. The van der Waals surface area contributed by atoms with Gasteiger partial charge in [-0.25, -0.2) is 0 Å². The van der Waals surface area contributed by atoms with E-state index in [1.54, 1.807) is 13.3 Å². The minimum atomic E-state index is -0.200. The molecule has 222 valence electrons. The van der Waals surface area contributed by atoms with E-state index in [0.717, 1.165) is 60.3 Å². The van der Waals surface area contributed by atoms with E-state index in [1.807, 2.05) is 36.4 Å². The first-order valence-electron chi connectivity index (χ1n) is 14.4. The molecule has 0 spiro atoms. The highest BCUT2D eigenvalue weighted by Crippen LogP contribution is 2.45. The highest BCUT2D eigenvalue weighted by atomic mass is 32.1. The number of carbonyl (C=O) groups excluding carboxylic acids is 1. The molecular weight excluding hydrogens is 560 g/mol. The number of aromatic nitrogens is 2. The van der Waals surface area contributed by atoms with Gasteiger partial charge in [0, 0.05) is 54.7 Å². The van der Waals surface area contributed by atoms with E-state index in [-0.39, 0.29) is 18.0 Å². The number of morpholine rings is 1. The second-order valence-corrected chi connectivity index (χ2v) is 11.2. The van der Waals surface area contributed by atoms with E-state index < -0.39 is 0 Å². The fourth-order valence-electron chi connectivity index (χ4n) is 6.20. The first-order chi connectivity index (χ1) is 20.9. The van der Waals surface area contributed by atoms with Crippen molar-refractivity contribution in [2.75, 3.05) is 48.5 Å². The molecule has 2 aromatic carbocycles. The third kappa shape index (κ3) is 5.55. The maximum atomic E-state index is 12.0. The number of ether oxygens (including phenoxy) is 2. The van der Waals surface area contributed by atoms with Crippen molar-refractivity contribution in [2.45, 2.75) is 32.9 Å². The molecule has 2 aliphatic rings. The Bertz CT molecular complexity index is 1630. The summed E-state index contributed by atoms with van der Waals surface area (Å²) < 4.78 is 13.3. The van der Waals surface area contributed by atoms with Gasteiger partial charge in [-0.2, -0.15) is 0 Å². The van der Waals surface area contributed by atoms with Crippen molar-refractivity contribution < 1.29 is 14.3 Å². The zero-order chi connectivity index (χ0) is 30.1. The standard InChI is InChI=1S/C33H36N6O3S/c1-21-19-27(22(2)38(21)25-10-8-24(9-11-25)37-15-17-42-18-16-37)32-31(28-7-5-6-14-34-28)36-33(43)39(32)26-12-13-30(41-4)29(20-26)35-23(3)40/h5-14,19-20,31-32H,15-18H2,1-4H3,(H,35,40)(H,36,43). The van der Waals surface area contributed by atoms with Gasteiger partial charge in [-0.3, -0.25) is 9.78 Å². The summed E-state index contributed by atoms with van der Waals surface area (Å²) >= 11 is 5.97. The predicted octanol–water partition coefficient (Wildman–Crippen LogP) is 5.47. The summed E-state index contributed by atoms with van der Waals surface area (Å²) in [6.07, 6.45) is 1.81. The number of hydrogen-bond donors (Lipinski definition) is 2. The first-order valence-corrected chi connectivity index (χ1v) is 14.8. The van der Waals surface area contributed by atoms with Crippen molar-refractivity contribution in [3.8, 4) is 11.4 Å². The van der Waals surface area contributed by atoms with Crippen LogP contribution in [0.15, 0.2) is 72.9 Å². The van der Waals surface area contributed by atoms with E-state index in [2.05, 4.69) is 69.2 Å². The van der Waals surface area contributed by atoms with Crippen LogP contribution in [-0.4, -0.2) is 54.0 Å². The van der Waals surface area contributed by atoms with Gasteiger partial charge < -0.3 is 34.5 Å². The van der Waals surface area contributed by atoms with Crippen LogP contribution in [0.1, 0.15) is 41.7 Å². The zero-order valence-corrected chi connectivity index (χ0v) is 25.6. The van der Waals surface area contributed by atoms with E-state index >= 15 is 0 Å². The Balaban J connectivity index is 1.43. The second-order valence-electron chi connectivity index (χ2n) is 10.8. The molecule has 1 amide bonds. The van der Waals surface area contributed by atoms with Gasteiger partial charge in [0.25, 0.3) is 0 Å². The van der Waals surface area contributed by atoms with Crippen LogP contribution in [0.4, 0.5) is 17.1 Å². The van der Waals surface area contributed by atoms with Gasteiger partial charge >= 0.3 is 0 Å². The Hall–Kier alpha value is -4.41. The Labute approximate surface area is 257 Å². The Kier molecular flexibility index (Phi) is 8.05. The van der Waals surface area contributed by atoms with Gasteiger partial charge in [0.15, 0.2) is 5.11 Å². The molecular formula is C33H36N6O3S. The number of amides is 1. The summed E-state index contributed by atoms with van der Waals surface area (Å²) in [5, 5.41) is 7.02. The molecule has 0 aliphatic carbocycles. The van der Waals surface area contributed by atoms with Crippen LogP contribution >= 0.6 is 12.2 Å². The molecule has 6 rings (SSSR count). The summed E-state index contributed by atoms with van der Waals surface area (Å²) in [5.41, 5.74) is 8.00. The molecule has 2 saturated heterocycles. The quantitative estimate of drug-likeness (QED) is 0.272. The Morgan fingerprint density at radius 1 is 1.02 bits per heavy atom. The van der Waals surface area contributed by atoms with Crippen molar-refractivity contribution in [3.63, 3.8) is 0 Å². The van der Waals surface area contributed by atoms with Gasteiger partial charge in [-0.05, 0) is 92.3 Å². The molecule has 2 fully saturated rings. The molecule has 0 saturated carbocycles. The fourth-order valence-corrected chi connectivity index (χ4v) is 6.55. The van der Waals surface area contributed by atoms with Crippen molar-refractivity contribution >= 4 is 40.3 Å². The van der Waals surface area contributed by atoms with Crippen LogP contribution in [0.3, 0.4) is 0 Å². The maximum Gasteiger partial charge on any atom is 0.221 e. The van der Waals surface area contributed by atoms with Gasteiger partial charge in [0.05, 0.1) is 43.8 Å². The minimum absolute atomic E-state index is 0.177. The largest absolute Gasteiger partial charge is 0.495 e. The highest BCUT2D eigenvalue weighted by molar-refractivity contribution is 7.80. The van der Waals surface area contributed by atoms with Crippen LogP contribution in [0.2, 0.25) is 0 Å². The molecule has 2 atom stereocenters. The maximum absolute atomic E-state index is 12.0. The molecule has 2 N–H and O–H groups in total. The third-order valence-corrected chi connectivity index (χ3v) is 8.46. The predicted molar refractivity (Wildman–Crippen MR) is 174 cm³/mol. The molecule has 0 bridgehead atoms. The molecule has 2 aromatic heterocycles. The number of carbonyl (C=O) groups is 1. The smallest absolute Gasteiger partial charge is 0.221 e. The number of aryl methyl sites for hydroxylation is 1. The summed E-state index contributed by atoms with van der Waals surface area (Å²) in [4.78, 5) is 21.2. The number of thiocarbonyl (C=S) groups is 1. The first kappa shape index (κ1) is 28.7. The number of pyridine rings is 1. The van der Waals surface area contributed by atoms with Crippen molar-refractivity contribution in [3.05, 3.63) is 95.6 Å².